The Kier molecular flexibility index (Phi) is 4.28. The van der Waals surface area contributed by atoms with Crippen molar-refractivity contribution in [2.24, 2.45) is 5.73 Å². The lowest BCUT2D eigenvalue weighted by Crippen LogP contribution is -2.14. The molecular formula is C17H18FNOS. The fourth-order valence-corrected chi connectivity index (χ4v) is 2.24. The Bertz CT molecular complexity index is 677. The fourth-order valence-electron chi connectivity index (χ4n) is 2.08. The molecule has 2 N–H and O–H groups in total. The zero-order valence-corrected chi connectivity index (χ0v) is 13.1. The first-order valence-corrected chi connectivity index (χ1v) is 7.06. The van der Waals surface area contributed by atoms with E-state index in [9.17, 15) is 4.39 Å². The molecule has 0 aliphatic heterocycles. The fraction of sp³-hybridized carbons (Fsp3) is 0.235. The SMILES string of the molecule is CC(C)(C)c1ccccc1Oc1ccc(F)cc1C(N)=S. The molecule has 2 rings (SSSR count). The zero-order chi connectivity index (χ0) is 15.6. The summed E-state index contributed by atoms with van der Waals surface area (Å²) in [5, 5.41) is 0. The molecule has 0 saturated carbocycles. The Morgan fingerprint density at radius 1 is 1.10 bits per heavy atom. The molecule has 2 aromatic rings. The molecule has 0 atom stereocenters. The Balaban J connectivity index is 2.47. The molecule has 0 aromatic heterocycles. The second kappa shape index (κ2) is 5.82. The lowest BCUT2D eigenvalue weighted by molar-refractivity contribution is 0.453. The Labute approximate surface area is 129 Å². The maximum Gasteiger partial charge on any atom is 0.137 e. The highest BCUT2D eigenvalue weighted by Crippen LogP contribution is 2.35. The molecule has 2 aromatic carbocycles. The van der Waals surface area contributed by atoms with Crippen molar-refractivity contribution >= 4 is 17.2 Å². The van der Waals surface area contributed by atoms with Gasteiger partial charge >= 0.3 is 0 Å². The maximum atomic E-state index is 13.3. The normalized spacial score (nSPS) is 11.2. The molecule has 0 spiro atoms. The molecular weight excluding hydrogens is 285 g/mol. The van der Waals surface area contributed by atoms with Crippen LogP contribution in [0.1, 0.15) is 31.9 Å². The minimum atomic E-state index is -0.394. The zero-order valence-electron chi connectivity index (χ0n) is 12.3. The number of thiocarbonyl (C=S) groups is 1. The van der Waals surface area contributed by atoms with Crippen molar-refractivity contribution in [3.8, 4) is 11.5 Å². The highest BCUT2D eigenvalue weighted by Gasteiger charge is 2.19. The van der Waals surface area contributed by atoms with Gasteiger partial charge < -0.3 is 10.5 Å². The van der Waals surface area contributed by atoms with Crippen molar-refractivity contribution in [1.82, 2.24) is 0 Å². The minimum Gasteiger partial charge on any atom is -0.456 e. The molecule has 0 unspecified atom stereocenters. The average molecular weight is 303 g/mol. The smallest absolute Gasteiger partial charge is 0.137 e. The van der Waals surface area contributed by atoms with Crippen LogP contribution in [0.4, 0.5) is 4.39 Å². The van der Waals surface area contributed by atoms with Crippen LogP contribution >= 0.6 is 12.2 Å². The van der Waals surface area contributed by atoms with Gasteiger partial charge in [0.15, 0.2) is 0 Å². The van der Waals surface area contributed by atoms with Crippen molar-refractivity contribution in [2.45, 2.75) is 26.2 Å². The summed E-state index contributed by atoms with van der Waals surface area (Å²) in [6, 6.07) is 11.9. The van der Waals surface area contributed by atoms with Gasteiger partial charge in [-0.05, 0) is 29.7 Å². The van der Waals surface area contributed by atoms with E-state index >= 15 is 0 Å². The van der Waals surface area contributed by atoms with Gasteiger partial charge in [0.25, 0.3) is 0 Å². The first-order chi connectivity index (χ1) is 9.79. The number of rotatable bonds is 3. The van der Waals surface area contributed by atoms with Crippen LogP contribution in [0.2, 0.25) is 0 Å². The highest BCUT2D eigenvalue weighted by molar-refractivity contribution is 7.80. The van der Waals surface area contributed by atoms with E-state index < -0.39 is 5.82 Å². The van der Waals surface area contributed by atoms with E-state index in [0.29, 0.717) is 17.1 Å². The van der Waals surface area contributed by atoms with Crippen LogP contribution in [-0.2, 0) is 5.41 Å². The lowest BCUT2D eigenvalue weighted by Gasteiger charge is -2.23. The van der Waals surface area contributed by atoms with Crippen molar-refractivity contribution in [3.05, 3.63) is 59.4 Å². The van der Waals surface area contributed by atoms with Crippen molar-refractivity contribution in [1.29, 1.82) is 0 Å². The van der Waals surface area contributed by atoms with Crippen LogP contribution < -0.4 is 10.5 Å². The summed E-state index contributed by atoms with van der Waals surface area (Å²) in [6.07, 6.45) is 0. The summed E-state index contributed by atoms with van der Waals surface area (Å²) in [5.41, 5.74) is 7.03. The van der Waals surface area contributed by atoms with E-state index in [1.54, 1.807) is 6.07 Å². The molecule has 0 heterocycles. The van der Waals surface area contributed by atoms with Gasteiger partial charge in [0, 0.05) is 5.56 Å². The number of nitrogens with two attached hydrogens (primary N) is 1. The van der Waals surface area contributed by atoms with E-state index in [2.05, 4.69) is 20.8 Å². The largest absolute Gasteiger partial charge is 0.456 e. The summed E-state index contributed by atoms with van der Waals surface area (Å²) in [4.78, 5) is 0.109. The molecule has 0 aliphatic carbocycles. The van der Waals surface area contributed by atoms with Gasteiger partial charge in [-0.3, -0.25) is 0 Å². The van der Waals surface area contributed by atoms with Crippen LogP contribution in [-0.4, -0.2) is 4.99 Å². The van der Waals surface area contributed by atoms with Crippen LogP contribution in [0.3, 0.4) is 0 Å². The summed E-state index contributed by atoms with van der Waals surface area (Å²) in [5.74, 6) is 0.781. The standard InChI is InChI=1S/C17H18FNOS/c1-17(2,3)13-6-4-5-7-15(13)20-14-9-8-11(18)10-12(14)16(19)21/h4-10H,1-3H3,(H2,19,21). The Morgan fingerprint density at radius 2 is 1.76 bits per heavy atom. The monoisotopic (exact) mass is 303 g/mol. The van der Waals surface area contributed by atoms with Crippen LogP contribution in [0, 0.1) is 5.82 Å². The summed E-state index contributed by atoms with van der Waals surface area (Å²) in [7, 11) is 0. The van der Waals surface area contributed by atoms with Crippen LogP contribution in [0.25, 0.3) is 0 Å². The van der Waals surface area contributed by atoms with Gasteiger partial charge in [0.05, 0.1) is 5.56 Å². The molecule has 0 fully saturated rings. The number of halogens is 1. The molecule has 0 bridgehead atoms. The van der Waals surface area contributed by atoms with E-state index in [1.165, 1.54) is 12.1 Å². The number of hydrogen-bond donors (Lipinski definition) is 1. The highest BCUT2D eigenvalue weighted by atomic mass is 32.1. The molecule has 4 heteroatoms. The number of hydrogen-bond acceptors (Lipinski definition) is 2. The van der Waals surface area contributed by atoms with Gasteiger partial charge in [-0.2, -0.15) is 0 Å². The number of ether oxygens (including phenoxy) is 1. The molecule has 2 nitrogen and oxygen atoms in total. The molecule has 110 valence electrons. The second-order valence-electron chi connectivity index (χ2n) is 5.85. The van der Waals surface area contributed by atoms with Gasteiger partial charge in [0.2, 0.25) is 0 Å². The summed E-state index contributed by atoms with van der Waals surface area (Å²) in [6.45, 7) is 6.32. The molecule has 0 radical (unpaired) electrons. The van der Waals surface area contributed by atoms with Gasteiger partial charge in [-0.25, -0.2) is 4.39 Å². The average Bonchev–Trinajstić information content (AvgIpc) is 2.40. The van der Waals surface area contributed by atoms with Gasteiger partial charge in [-0.15, -0.1) is 0 Å². The third kappa shape index (κ3) is 3.58. The van der Waals surface area contributed by atoms with Crippen LogP contribution in [0.5, 0.6) is 11.5 Å². The number of para-hydroxylation sites is 1. The quantitative estimate of drug-likeness (QED) is 0.845. The molecule has 0 saturated heterocycles. The van der Waals surface area contributed by atoms with E-state index in [-0.39, 0.29) is 10.4 Å². The van der Waals surface area contributed by atoms with E-state index in [1.807, 2.05) is 24.3 Å². The first kappa shape index (κ1) is 15.4. The van der Waals surface area contributed by atoms with Crippen molar-refractivity contribution in [2.75, 3.05) is 0 Å². The summed E-state index contributed by atoms with van der Waals surface area (Å²) >= 11 is 4.96. The molecule has 21 heavy (non-hydrogen) atoms. The van der Waals surface area contributed by atoms with Crippen molar-refractivity contribution in [3.63, 3.8) is 0 Å². The van der Waals surface area contributed by atoms with Gasteiger partial charge in [-0.1, -0.05) is 51.2 Å². The predicted octanol–water partition coefficient (Wildman–Crippen LogP) is 4.55. The minimum absolute atomic E-state index is 0.0694. The van der Waals surface area contributed by atoms with Crippen LogP contribution in [0.15, 0.2) is 42.5 Å². The predicted molar refractivity (Wildman–Crippen MR) is 87.5 cm³/mol. The third-order valence-corrected chi connectivity index (χ3v) is 3.34. The third-order valence-electron chi connectivity index (χ3n) is 3.12. The van der Waals surface area contributed by atoms with E-state index in [0.717, 1.165) is 5.56 Å². The Hall–Kier alpha value is -1.94. The maximum absolute atomic E-state index is 13.3. The van der Waals surface area contributed by atoms with Gasteiger partial charge in [0.1, 0.15) is 22.3 Å². The Morgan fingerprint density at radius 3 is 2.38 bits per heavy atom. The number of benzene rings is 2. The summed E-state index contributed by atoms with van der Waals surface area (Å²) < 4.78 is 19.3. The van der Waals surface area contributed by atoms with Crippen molar-refractivity contribution < 1.29 is 9.13 Å². The molecule has 0 amide bonds. The second-order valence-corrected chi connectivity index (χ2v) is 6.29. The van der Waals surface area contributed by atoms with E-state index in [4.69, 9.17) is 22.7 Å². The topological polar surface area (TPSA) is 35.2 Å². The lowest BCUT2D eigenvalue weighted by atomic mass is 9.86. The first-order valence-electron chi connectivity index (χ1n) is 6.66. The molecule has 0 aliphatic rings.